The average Bonchev–Trinajstić information content (AvgIpc) is 3.19. The average molecular weight is 1170 g/mol. The molecule has 0 aliphatic carbocycles. The molecular weight excluding hydrogens is 1120 g/mol. The quantitative estimate of drug-likeness (QED) is 0.0357. The van der Waals surface area contributed by atoms with Crippen molar-refractivity contribution in [3.63, 3.8) is 0 Å². The Labute approximate surface area is 383 Å². The summed E-state index contributed by atoms with van der Waals surface area (Å²) in [5.74, 6) is -0.646. The Balaban J connectivity index is 0.000000385. The third kappa shape index (κ3) is 14.7. The van der Waals surface area contributed by atoms with Crippen LogP contribution in [0, 0.1) is 22.2 Å². The van der Waals surface area contributed by atoms with Gasteiger partial charge in [-0.05, 0) is 154 Å². The number of aromatic carboxylic acids is 1. The number of nitrogens with zero attached hydrogens (tertiary/aromatic N) is 4. The highest BCUT2D eigenvalue weighted by atomic mass is 127. The molecule has 58 heavy (non-hydrogen) atoms. The third-order valence-corrected chi connectivity index (χ3v) is 11.0. The van der Waals surface area contributed by atoms with Crippen LogP contribution in [0.3, 0.4) is 0 Å². The van der Waals surface area contributed by atoms with Crippen LogP contribution in [-0.4, -0.2) is 41.9 Å². The van der Waals surface area contributed by atoms with Crippen molar-refractivity contribution in [1.29, 1.82) is 5.26 Å². The Morgan fingerprint density at radius 2 is 1.26 bits per heavy atom. The summed E-state index contributed by atoms with van der Waals surface area (Å²) in [6.07, 6.45) is 2.21. The predicted octanol–water partition coefficient (Wildman–Crippen LogP) is 7.52. The van der Waals surface area contributed by atoms with E-state index in [2.05, 4.69) is 78.5 Å². The van der Waals surface area contributed by atoms with Crippen LogP contribution in [0.1, 0.15) is 34.1 Å². The molecule has 0 fully saturated rings. The fraction of sp³-hybridized carbons (Fsp3) is 0.103. The van der Waals surface area contributed by atoms with E-state index in [1.807, 2.05) is 31.2 Å². The number of nitriles is 1. The summed E-state index contributed by atoms with van der Waals surface area (Å²) in [5.41, 5.74) is 23.7. The fourth-order valence-electron chi connectivity index (χ4n) is 4.48. The summed E-state index contributed by atoms with van der Waals surface area (Å²) in [4.78, 5) is 37.6. The lowest BCUT2D eigenvalue weighted by atomic mass is 10.1. The van der Waals surface area contributed by atoms with Crippen LogP contribution in [0.5, 0.6) is 0 Å². The van der Waals surface area contributed by atoms with E-state index < -0.39 is 16.0 Å². The smallest absolute Gasteiger partial charge is 0.337 e. The summed E-state index contributed by atoms with van der Waals surface area (Å²) >= 11 is 6.41. The van der Waals surface area contributed by atoms with Crippen LogP contribution >= 0.6 is 80.2 Å². The number of benzene rings is 5. The van der Waals surface area contributed by atoms with Crippen molar-refractivity contribution in [2.24, 2.45) is 12.8 Å². The van der Waals surface area contributed by atoms with Gasteiger partial charge in [0.1, 0.15) is 0 Å². The van der Waals surface area contributed by atoms with E-state index >= 15 is 0 Å². The number of fused-ring (bicyclic) bond motifs is 1. The number of ketones is 1. The van der Waals surface area contributed by atoms with Gasteiger partial charge in [-0.15, -0.1) is 12.4 Å². The molecule has 306 valence electrons. The van der Waals surface area contributed by atoms with Gasteiger partial charge in [-0.25, -0.2) is 9.78 Å². The fourth-order valence-corrected chi connectivity index (χ4v) is 7.20. The standard InChI is InChI=1S/C13H10N2O2S.C9H8IN3O.C9H10INO.C7H6INO2.CH5N.ClH/c14-11-15(12-7-3-1-4-8-12)18(16,17)13-9-5-2-6-10-13;1-13-8(14)6-3-2-5(10)4-7(6)12-9(13)11;1-2-9(12)7-4-3-6(10)5-8(7)11;8-4-1-2-5(7(10)11)6(9)3-4;1-2;/h1-10H;2-4H,1H3,(H2,11,12);3-5H,2,11H2,1H3;1-3H,9H2,(H,10,11);2H2,1H3;1H. The number of hydrogen-bond acceptors (Lipinski definition) is 11. The van der Waals surface area contributed by atoms with E-state index in [9.17, 15) is 22.8 Å². The van der Waals surface area contributed by atoms with Crippen molar-refractivity contribution in [3.05, 3.63) is 147 Å². The number of nitrogens with two attached hydrogens (primary N) is 4. The molecule has 0 radical (unpaired) electrons. The second kappa shape index (κ2) is 25.1. The van der Waals surface area contributed by atoms with Crippen LogP contribution in [0.2, 0.25) is 0 Å². The first kappa shape index (κ1) is 51.5. The third-order valence-electron chi connectivity index (χ3n) is 7.32. The first-order valence-corrected chi connectivity index (χ1v) is 21.1. The number of halogens is 4. The molecule has 0 aliphatic heterocycles. The number of hydrogen-bond donors (Lipinski definition) is 5. The molecule has 0 saturated carbocycles. The van der Waals surface area contributed by atoms with E-state index in [0.717, 1.165) is 10.7 Å². The zero-order valence-electron chi connectivity index (χ0n) is 31.2. The molecule has 6 aromatic rings. The SMILES string of the molecule is CCC(=O)c1ccc(I)cc1N.CN.Cl.Cn1c(N)nc2cc(I)ccc2c1=O.N#CN(c1ccccc1)S(=O)(=O)c1ccccc1.Nc1cc(I)ccc1C(=O)O. The summed E-state index contributed by atoms with van der Waals surface area (Å²) in [6, 6.07) is 31.9. The summed E-state index contributed by atoms with van der Waals surface area (Å²) in [5, 5.41) is 18.2. The molecular formula is C39H40ClI3N8O6S. The van der Waals surface area contributed by atoms with E-state index in [0.29, 0.717) is 44.3 Å². The number of carbonyl (C=O) groups is 2. The number of sulfonamides is 1. The van der Waals surface area contributed by atoms with E-state index in [1.165, 1.54) is 29.8 Å². The van der Waals surface area contributed by atoms with Crippen molar-refractivity contribution in [1.82, 2.24) is 9.55 Å². The number of para-hydroxylation sites is 1. The summed E-state index contributed by atoms with van der Waals surface area (Å²) < 4.78 is 29.6. The first-order valence-electron chi connectivity index (χ1n) is 16.4. The monoisotopic (exact) mass is 1160 g/mol. The van der Waals surface area contributed by atoms with Gasteiger partial charge in [-0.2, -0.15) is 18.0 Å². The molecule has 0 unspecified atom stereocenters. The van der Waals surface area contributed by atoms with Crippen molar-refractivity contribution >= 4 is 136 Å². The van der Waals surface area contributed by atoms with Crippen LogP contribution in [0.4, 0.5) is 23.0 Å². The Morgan fingerprint density at radius 3 is 1.72 bits per heavy atom. The number of aromatic nitrogens is 2. The van der Waals surface area contributed by atoms with Gasteiger partial charge in [0.05, 0.1) is 27.0 Å². The zero-order chi connectivity index (χ0) is 42.9. The minimum atomic E-state index is -3.83. The normalized spacial score (nSPS) is 9.83. The predicted molar refractivity (Wildman–Crippen MR) is 258 cm³/mol. The van der Waals surface area contributed by atoms with Crippen LogP contribution in [0.25, 0.3) is 10.9 Å². The topological polar surface area (TPSA) is 255 Å². The molecule has 1 heterocycles. The van der Waals surface area contributed by atoms with Crippen LogP contribution in [-0.2, 0) is 17.1 Å². The van der Waals surface area contributed by atoms with E-state index in [4.69, 9.17) is 27.6 Å². The summed E-state index contributed by atoms with van der Waals surface area (Å²) in [7, 11) is -0.719. The summed E-state index contributed by atoms with van der Waals surface area (Å²) in [6.45, 7) is 1.83. The van der Waals surface area contributed by atoms with Gasteiger partial charge in [0.25, 0.3) is 15.6 Å². The molecule has 14 nitrogen and oxygen atoms in total. The number of nitrogen functional groups attached to an aromatic ring is 3. The maximum Gasteiger partial charge on any atom is 0.337 e. The molecule has 19 heteroatoms. The lowest BCUT2D eigenvalue weighted by Gasteiger charge is -2.15. The molecule has 9 N–H and O–H groups in total. The Morgan fingerprint density at radius 1 is 0.793 bits per heavy atom. The molecule has 0 spiro atoms. The van der Waals surface area contributed by atoms with Gasteiger partial charge in [-0.3, -0.25) is 14.2 Å². The Bertz CT molecular complexity index is 2530. The van der Waals surface area contributed by atoms with Gasteiger partial charge < -0.3 is 28.0 Å². The largest absolute Gasteiger partial charge is 0.478 e. The number of Topliss-reactive ketones (excluding diaryl/α,β-unsaturated/α-hetero) is 1. The van der Waals surface area contributed by atoms with Gasteiger partial charge >= 0.3 is 5.97 Å². The number of anilines is 4. The minimum absolute atomic E-state index is 0. The molecule has 0 amide bonds. The molecule has 0 bridgehead atoms. The van der Waals surface area contributed by atoms with Crippen molar-refractivity contribution in [2.75, 3.05) is 28.6 Å². The Kier molecular flexibility index (Phi) is 22.2. The number of rotatable bonds is 6. The lowest BCUT2D eigenvalue weighted by molar-refractivity contribution is 0.0697. The maximum absolute atomic E-state index is 12.3. The van der Waals surface area contributed by atoms with Crippen LogP contribution < -0.4 is 32.8 Å². The maximum atomic E-state index is 12.3. The zero-order valence-corrected chi connectivity index (χ0v) is 39.3. The van der Waals surface area contributed by atoms with E-state index in [-0.39, 0.29) is 40.2 Å². The molecule has 6 rings (SSSR count). The van der Waals surface area contributed by atoms with Gasteiger partial charge in [0, 0.05) is 41.1 Å². The molecule has 0 atom stereocenters. The minimum Gasteiger partial charge on any atom is -0.478 e. The van der Waals surface area contributed by atoms with Gasteiger partial charge in [-0.1, -0.05) is 43.3 Å². The molecule has 5 aromatic carbocycles. The second-order valence-corrected chi connectivity index (χ2v) is 16.6. The van der Waals surface area contributed by atoms with Gasteiger partial charge in [0.15, 0.2) is 12.0 Å². The Hall–Kier alpha value is -4.54. The van der Waals surface area contributed by atoms with Gasteiger partial charge in [0.2, 0.25) is 5.95 Å². The molecule has 1 aromatic heterocycles. The highest BCUT2D eigenvalue weighted by Crippen LogP contribution is 2.22. The number of carboxylic acids is 1. The first-order chi connectivity index (χ1) is 27.0. The van der Waals surface area contributed by atoms with Crippen molar-refractivity contribution < 1.29 is 23.1 Å². The highest BCUT2D eigenvalue weighted by Gasteiger charge is 2.24. The lowest BCUT2D eigenvalue weighted by Crippen LogP contribution is -2.25. The molecule has 0 saturated heterocycles. The number of carboxylic acid groups (broad SMARTS) is 1. The number of carbonyl (C=O) groups excluding carboxylic acids is 1. The van der Waals surface area contributed by atoms with Crippen molar-refractivity contribution in [2.45, 2.75) is 18.2 Å². The second-order valence-electron chi connectivity index (χ2n) is 11.1. The van der Waals surface area contributed by atoms with Crippen LogP contribution in [0.15, 0.2) is 125 Å². The van der Waals surface area contributed by atoms with Crippen molar-refractivity contribution in [3.8, 4) is 6.19 Å². The molecule has 0 aliphatic rings. The van der Waals surface area contributed by atoms with E-state index in [1.54, 1.807) is 86.0 Å². The highest BCUT2D eigenvalue weighted by molar-refractivity contribution is 14.1.